The predicted octanol–water partition coefficient (Wildman–Crippen LogP) is 3.21. The van der Waals surface area contributed by atoms with Crippen molar-refractivity contribution >= 4 is 23.3 Å². The molecule has 0 amide bonds. The molecule has 1 atom stereocenters. The molecule has 3 nitrogen and oxygen atoms in total. The van der Waals surface area contributed by atoms with Gasteiger partial charge in [-0.2, -0.15) is 11.8 Å². The fourth-order valence-electron chi connectivity index (χ4n) is 1.96. The third kappa shape index (κ3) is 4.11. The average Bonchev–Trinajstić information content (AvgIpc) is 2.38. The minimum absolute atomic E-state index is 0.621. The van der Waals surface area contributed by atoms with Crippen molar-refractivity contribution in [3.8, 4) is 0 Å². The normalized spacial score (nSPS) is 19.9. The van der Waals surface area contributed by atoms with Crippen LogP contribution in [0.5, 0.6) is 0 Å². The van der Waals surface area contributed by atoms with E-state index in [0.29, 0.717) is 6.04 Å². The highest BCUT2D eigenvalue weighted by atomic mass is 32.2. The van der Waals surface area contributed by atoms with Crippen molar-refractivity contribution in [1.82, 2.24) is 4.98 Å². The van der Waals surface area contributed by atoms with Crippen molar-refractivity contribution in [1.29, 1.82) is 0 Å². The van der Waals surface area contributed by atoms with Crippen molar-refractivity contribution in [3.05, 3.63) is 18.3 Å². The van der Waals surface area contributed by atoms with Gasteiger partial charge >= 0.3 is 0 Å². The van der Waals surface area contributed by atoms with E-state index in [2.05, 4.69) is 34.7 Å². The zero-order valence-electron chi connectivity index (χ0n) is 10.4. The third-order valence-electron chi connectivity index (χ3n) is 2.85. The summed E-state index contributed by atoms with van der Waals surface area (Å²) in [6.07, 6.45) is 5.61. The zero-order valence-corrected chi connectivity index (χ0v) is 11.2. The molecule has 0 bridgehead atoms. The highest BCUT2D eigenvalue weighted by Gasteiger charge is 2.13. The maximum absolute atomic E-state index is 4.31. The summed E-state index contributed by atoms with van der Waals surface area (Å²) in [4.78, 5) is 4.31. The Morgan fingerprint density at radius 3 is 3.24 bits per heavy atom. The van der Waals surface area contributed by atoms with E-state index in [9.17, 15) is 0 Å². The number of aromatic nitrogens is 1. The molecule has 1 aliphatic rings. The van der Waals surface area contributed by atoms with Gasteiger partial charge in [-0.25, -0.2) is 4.98 Å². The largest absolute Gasteiger partial charge is 0.381 e. The maximum Gasteiger partial charge on any atom is 0.127 e. The summed E-state index contributed by atoms with van der Waals surface area (Å²) in [5.74, 6) is 3.51. The molecule has 0 aromatic carbocycles. The molecule has 0 spiro atoms. The Bertz CT molecular complexity index is 337. The van der Waals surface area contributed by atoms with Crippen LogP contribution in [-0.2, 0) is 0 Å². The highest BCUT2D eigenvalue weighted by molar-refractivity contribution is 7.99. The minimum atomic E-state index is 0.621. The van der Waals surface area contributed by atoms with Crippen LogP contribution in [0, 0.1) is 0 Å². The van der Waals surface area contributed by atoms with Crippen LogP contribution in [0.4, 0.5) is 11.5 Å². The summed E-state index contributed by atoms with van der Waals surface area (Å²) in [6, 6.07) is 4.78. The fourth-order valence-corrected chi connectivity index (χ4v) is 3.03. The number of anilines is 2. The molecule has 1 unspecified atom stereocenters. The molecule has 1 aromatic heterocycles. The van der Waals surface area contributed by atoms with E-state index in [4.69, 9.17) is 0 Å². The van der Waals surface area contributed by atoms with Crippen molar-refractivity contribution in [2.75, 3.05) is 28.7 Å². The number of hydrogen-bond donors (Lipinski definition) is 2. The van der Waals surface area contributed by atoms with Crippen LogP contribution >= 0.6 is 11.8 Å². The van der Waals surface area contributed by atoms with Crippen molar-refractivity contribution < 1.29 is 0 Å². The second-order valence-corrected chi connectivity index (χ2v) is 5.56. The molecule has 1 aliphatic heterocycles. The van der Waals surface area contributed by atoms with Gasteiger partial charge in [0.05, 0.1) is 0 Å². The van der Waals surface area contributed by atoms with Crippen LogP contribution in [0.25, 0.3) is 0 Å². The van der Waals surface area contributed by atoms with E-state index in [1.54, 1.807) is 0 Å². The summed E-state index contributed by atoms with van der Waals surface area (Å²) in [7, 11) is 0. The van der Waals surface area contributed by atoms with Gasteiger partial charge in [0, 0.05) is 36.3 Å². The molecule has 4 heteroatoms. The summed E-state index contributed by atoms with van der Waals surface area (Å²) in [5.41, 5.74) is 1.19. The third-order valence-corrected chi connectivity index (χ3v) is 4.06. The number of pyridine rings is 1. The first kappa shape index (κ1) is 12.6. The van der Waals surface area contributed by atoms with E-state index < -0.39 is 0 Å². The van der Waals surface area contributed by atoms with Gasteiger partial charge in [-0.15, -0.1) is 0 Å². The quantitative estimate of drug-likeness (QED) is 0.842. The van der Waals surface area contributed by atoms with E-state index in [1.165, 1.54) is 30.0 Å². The monoisotopic (exact) mass is 251 g/mol. The molecule has 1 aromatic rings. The molecule has 0 saturated carbocycles. The molecule has 17 heavy (non-hydrogen) atoms. The lowest BCUT2D eigenvalue weighted by Crippen LogP contribution is -2.25. The predicted molar refractivity (Wildman–Crippen MR) is 77.0 cm³/mol. The maximum atomic E-state index is 4.31. The molecule has 0 aliphatic carbocycles. The molecule has 1 saturated heterocycles. The fraction of sp³-hybridized carbons (Fsp3) is 0.615. The van der Waals surface area contributed by atoms with E-state index in [-0.39, 0.29) is 0 Å². The lowest BCUT2D eigenvalue weighted by molar-refractivity contribution is 0.685. The Hall–Kier alpha value is -0.900. The number of thioether (sulfide) groups is 1. The van der Waals surface area contributed by atoms with Crippen LogP contribution in [0.2, 0.25) is 0 Å². The first-order valence-electron chi connectivity index (χ1n) is 6.42. The lowest BCUT2D eigenvalue weighted by Gasteiger charge is -2.23. The van der Waals surface area contributed by atoms with Crippen LogP contribution in [0.3, 0.4) is 0 Å². The Balaban J connectivity index is 1.90. The molecule has 94 valence electrons. The lowest BCUT2D eigenvalue weighted by atomic mass is 10.2. The van der Waals surface area contributed by atoms with Gasteiger partial charge in [0.15, 0.2) is 0 Å². The molecular weight excluding hydrogens is 230 g/mol. The SMILES string of the molecule is CCCNc1cc(NC2CCCSC2)ccn1. The van der Waals surface area contributed by atoms with Gasteiger partial charge in [0.1, 0.15) is 5.82 Å². The molecule has 2 heterocycles. The van der Waals surface area contributed by atoms with E-state index in [0.717, 1.165) is 18.8 Å². The summed E-state index contributed by atoms with van der Waals surface area (Å²) in [6.45, 7) is 3.14. The smallest absolute Gasteiger partial charge is 0.127 e. The number of nitrogens with one attached hydrogen (secondary N) is 2. The number of rotatable bonds is 5. The van der Waals surface area contributed by atoms with Crippen molar-refractivity contribution in [3.63, 3.8) is 0 Å². The number of hydrogen-bond acceptors (Lipinski definition) is 4. The first-order valence-corrected chi connectivity index (χ1v) is 7.58. The van der Waals surface area contributed by atoms with Gasteiger partial charge in [0.25, 0.3) is 0 Å². The van der Waals surface area contributed by atoms with Gasteiger partial charge < -0.3 is 10.6 Å². The molecule has 2 N–H and O–H groups in total. The van der Waals surface area contributed by atoms with Crippen LogP contribution in [0.15, 0.2) is 18.3 Å². The number of nitrogens with zero attached hydrogens (tertiary/aromatic N) is 1. The summed E-state index contributed by atoms with van der Waals surface area (Å²) >= 11 is 2.05. The van der Waals surface area contributed by atoms with E-state index >= 15 is 0 Å². The first-order chi connectivity index (χ1) is 8.38. The topological polar surface area (TPSA) is 37.0 Å². The Labute approximate surface area is 108 Å². The van der Waals surface area contributed by atoms with Crippen LogP contribution < -0.4 is 10.6 Å². The Kier molecular flexibility index (Phi) is 4.98. The summed E-state index contributed by atoms with van der Waals surface area (Å²) in [5, 5.41) is 6.91. The van der Waals surface area contributed by atoms with Gasteiger partial charge in [-0.05, 0) is 31.1 Å². The second-order valence-electron chi connectivity index (χ2n) is 4.41. The summed E-state index contributed by atoms with van der Waals surface area (Å²) < 4.78 is 0. The molecule has 0 radical (unpaired) electrons. The van der Waals surface area contributed by atoms with Crippen LogP contribution in [-0.4, -0.2) is 29.1 Å². The van der Waals surface area contributed by atoms with Gasteiger partial charge in [-0.3, -0.25) is 0 Å². The van der Waals surface area contributed by atoms with Gasteiger partial charge in [-0.1, -0.05) is 6.92 Å². The molecule has 2 rings (SSSR count). The minimum Gasteiger partial charge on any atom is -0.381 e. The highest BCUT2D eigenvalue weighted by Crippen LogP contribution is 2.21. The van der Waals surface area contributed by atoms with Crippen molar-refractivity contribution in [2.45, 2.75) is 32.2 Å². The van der Waals surface area contributed by atoms with Crippen LogP contribution in [0.1, 0.15) is 26.2 Å². The Morgan fingerprint density at radius 2 is 2.47 bits per heavy atom. The van der Waals surface area contributed by atoms with E-state index in [1.807, 2.05) is 18.0 Å². The average molecular weight is 251 g/mol. The Morgan fingerprint density at radius 1 is 1.53 bits per heavy atom. The van der Waals surface area contributed by atoms with Crippen molar-refractivity contribution in [2.24, 2.45) is 0 Å². The molecular formula is C13H21N3S. The standard InChI is InChI=1S/C13H21N3S/c1-2-6-14-13-9-11(5-7-15-13)16-12-4-3-8-17-10-12/h5,7,9,12H,2-4,6,8,10H2,1H3,(H2,14,15,16). The second kappa shape index (κ2) is 6.74. The molecule has 1 fully saturated rings. The zero-order chi connectivity index (χ0) is 11.9. The van der Waals surface area contributed by atoms with Gasteiger partial charge in [0.2, 0.25) is 0 Å².